The summed E-state index contributed by atoms with van der Waals surface area (Å²) >= 11 is 5.78. The first-order valence-electron chi connectivity index (χ1n) is 6.10. The molecule has 0 saturated heterocycles. The summed E-state index contributed by atoms with van der Waals surface area (Å²) in [6.07, 6.45) is 0. The number of hydrogen-bond donors (Lipinski definition) is 1. The first kappa shape index (κ1) is 14.8. The van der Waals surface area contributed by atoms with E-state index in [1.54, 1.807) is 0 Å². The Kier molecular flexibility index (Phi) is 5.48. The van der Waals surface area contributed by atoms with Gasteiger partial charge in [-0.15, -0.1) is 11.6 Å². The minimum absolute atomic E-state index is 0.0511. The lowest BCUT2D eigenvalue weighted by atomic mass is 10.1. The zero-order chi connectivity index (χ0) is 13.7. The van der Waals surface area contributed by atoms with Gasteiger partial charge in [-0.3, -0.25) is 4.79 Å². The van der Waals surface area contributed by atoms with Crippen LogP contribution in [0.2, 0.25) is 0 Å². The molecule has 18 heavy (non-hydrogen) atoms. The van der Waals surface area contributed by atoms with E-state index < -0.39 is 0 Å². The van der Waals surface area contributed by atoms with E-state index in [2.05, 4.69) is 5.32 Å². The molecule has 2 unspecified atom stereocenters. The van der Waals surface area contributed by atoms with Crippen molar-refractivity contribution >= 4 is 23.2 Å². The van der Waals surface area contributed by atoms with E-state index in [4.69, 9.17) is 11.6 Å². The Bertz CT molecular complexity index is 389. The zero-order valence-corrected chi connectivity index (χ0v) is 12.2. The Labute approximate surface area is 114 Å². The van der Waals surface area contributed by atoms with Crippen LogP contribution in [0, 0.1) is 5.92 Å². The molecule has 0 saturated carbocycles. The van der Waals surface area contributed by atoms with Crippen LogP contribution >= 0.6 is 11.6 Å². The molecule has 2 atom stereocenters. The van der Waals surface area contributed by atoms with E-state index in [1.165, 1.54) is 0 Å². The Morgan fingerprint density at radius 3 is 2.28 bits per heavy atom. The standard InChI is InChI=1S/C14H21ClN2O/c1-10(9-15)11(2)16-14(18)12-5-7-13(8-6-12)17(3)4/h5-8,10-11H,9H2,1-4H3,(H,16,18). The fourth-order valence-corrected chi connectivity index (χ4v) is 1.74. The van der Waals surface area contributed by atoms with Crippen molar-refractivity contribution in [1.82, 2.24) is 5.32 Å². The minimum Gasteiger partial charge on any atom is -0.378 e. The van der Waals surface area contributed by atoms with E-state index in [1.807, 2.05) is 57.1 Å². The number of nitrogens with one attached hydrogen (secondary N) is 1. The molecule has 1 rings (SSSR count). The third-order valence-corrected chi connectivity index (χ3v) is 3.59. The van der Waals surface area contributed by atoms with Crippen molar-refractivity contribution in [2.24, 2.45) is 5.92 Å². The van der Waals surface area contributed by atoms with Crippen LogP contribution in [0.25, 0.3) is 0 Å². The average Bonchev–Trinajstić information content (AvgIpc) is 2.37. The second kappa shape index (κ2) is 6.64. The second-order valence-corrected chi connectivity index (χ2v) is 5.14. The summed E-state index contributed by atoms with van der Waals surface area (Å²) in [6, 6.07) is 7.61. The van der Waals surface area contributed by atoms with Gasteiger partial charge in [0, 0.05) is 37.3 Å². The molecule has 4 heteroatoms. The maximum Gasteiger partial charge on any atom is 0.251 e. The van der Waals surface area contributed by atoms with Crippen LogP contribution in [-0.4, -0.2) is 31.9 Å². The molecule has 0 aromatic heterocycles. The van der Waals surface area contributed by atoms with Gasteiger partial charge in [0.1, 0.15) is 0 Å². The molecule has 1 aromatic rings. The van der Waals surface area contributed by atoms with Gasteiger partial charge in [0.2, 0.25) is 0 Å². The number of carbonyl (C=O) groups excluding carboxylic acids is 1. The van der Waals surface area contributed by atoms with E-state index >= 15 is 0 Å². The topological polar surface area (TPSA) is 32.3 Å². The van der Waals surface area contributed by atoms with Crippen LogP contribution in [-0.2, 0) is 0 Å². The van der Waals surface area contributed by atoms with Crippen molar-refractivity contribution in [1.29, 1.82) is 0 Å². The molecule has 0 aliphatic carbocycles. The molecule has 1 amide bonds. The van der Waals surface area contributed by atoms with Crippen molar-refractivity contribution in [3.8, 4) is 0 Å². The molecule has 100 valence electrons. The largest absolute Gasteiger partial charge is 0.378 e. The molecule has 0 fully saturated rings. The summed E-state index contributed by atoms with van der Waals surface area (Å²) in [6.45, 7) is 3.99. The summed E-state index contributed by atoms with van der Waals surface area (Å²) in [5.41, 5.74) is 1.75. The van der Waals surface area contributed by atoms with Crippen LogP contribution in [0.5, 0.6) is 0 Å². The van der Waals surface area contributed by atoms with Crippen LogP contribution in [0.4, 0.5) is 5.69 Å². The lowest BCUT2D eigenvalue weighted by Crippen LogP contribution is -2.37. The molecule has 3 nitrogen and oxygen atoms in total. The van der Waals surface area contributed by atoms with Crippen LogP contribution < -0.4 is 10.2 Å². The Morgan fingerprint density at radius 1 is 1.28 bits per heavy atom. The number of anilines is 1. The fourth-order valence-electron chi connectivity index (χ4n) is 1.48. The summed E-state index contributed by atoms with van der Waals surface area (Å²) in [7, 11) is 3.94. The molecular weight excluding hydrogens is 248 g/mol. The molecule has 0 bridgehead atoms. The Hall–Kier alpha value is -1.22. The molecule has 0 heterocycles. The first-order valence-corrected chi connectivity index (χ1v) is 6.63. The molecule has 0 spiro atoms. The Balaban J connectivity index is 2.67. The predicted molar refractivity (Wildman–Crippen MR) is 77.6 cm³/mol. The summed E-state index contributed by atoms with van der Waals surface area (Å²) in [5.74, 6) is 0.752. The van der Waals surface area contributed by atoms with E-state index in [-0.39, 0.29) is 17.9 Å². The van der Waals surface area contributed by atoms with Crippen molar-refractivity contribution in [2.45, 2.75) is 19.9 Å². The van der Waals surface area contributed by atoms with E-state index in [0.717, 1.165) is 5.69 Å². The van der Waals surface area contributed by atoms with Gasteiger partial charge < -0.3 is 10.2 Å². The number of nitrogens with zero attached hydrogens (tertiary/aromatic N) is 1. The number of rotatable bonds is 5. The first-order chi connectivity index (χ1) is 8.45. The smallest absolute Gasteiger partial charge is 0.251 e. The number of alkyl halides is 1. The highest BCUT2D eigenvalue weighted by atomic mass is 35.5. The summed E-state index contributed by atoms with van der Waals surface area (Å²) in [4.78, 5) is 14.0. The predicted octanol–water partition coefficient (Wildman–Crippen LogP) is 2.75. The van der Waals surface area contributed by atoms with E-state index in [0.29, 0.717) is 11.4 Å². The van der Waals surface area contributed by atoms with Crippen molar-refractivity contribution in [3.63, 3.8) is 0 Å². The normalized spacial score (nSPS) is 13.8. The molecular formula is C14H21ClN2O. The van der Waals surface area contributed by atoms with Gasteiger partial charge in [-0.25, -0.2) is 0 Å². The van der Waals surface area contributed by atoms with Gasteiger partial charge in [0.15, 0.2) is 0 Å². The highest BCUT2D eigenvalue weighted by molar-refractivity contribution is 6.18. The van der Waals surface area contributed by atoms with Gasteiger partial charge in [0.05, 0.1) is 0 Å². The number of benzene rings is 1. The molecule has 0 aliphatic heterocycles. The molecule has 0 radical (unpaired) electrons. The average molecular weight is 269 g/mol. The lowest BCUT2D eigenvalue weighted by Gasteiger charge is -2.19. The van der Waals surface area contributed by atoms with Gasteiger partial charge in [-0.05, 0) is 37.1 Å². The van der Waals surface area contributed by atoms with Gasteiger partial charge in [0.25, 0.3) is 5.91 Å². The lowest BCUT2D eigenvalue weighted by molar-refractivity contribution is 0.0931. The third-order valence-electron chi connectivity index (χ3n) is 3.10. The van der Waals surface area contributed by atoms with Crippen molar-refractivity contribution < 1.29 is 4.79 Å². The van der Waals surface area contributed by atoms with Gasteiger partial charge in [-0.1, -0.05) is 6.92 Å². The molecule has 1 N–H and O–H groups in total. The van der Waals surface area contributed by atoms with Crippen LogP contribution in [0.1, 0.15) is 24.2 Å². The zero-order valence-electron chi connectivity index (χ0n) is 11.4. The number of halogens is 1. The number of hydrogen-bond acceptors (Lipinski definition) is 2. The number of carbonyl (C=O) groups is 1. The summed E-state index contributed by atoms with van der Waals surface area (Å²) in [5, 5.41) is 2.96. The molecule has 1 aromatic carbocycles. The second-order valence-electron chi connectivity index (χ2n) is 4.84. The van der Waals surface area contributed by atoms with Gasteiger partial charge >= 0.3 is 0 Å². The monoisotopic (exact) mass is 268 g/mol. The fraction of sp³-hybridized carbons (Fsp3) is 0.500. The summed E-state index contributed by atoms with van der Waals surface area (Å²) < 4.78 is 0. The maximum absolute atomic E-state index is 12.0. The minimum atomic E-state index is -0.0511. The van der Waals surface area contributed by atoms with Crippen LogP contribution in [0.15, 0.2) is 24.3 Å². The van der Waals surface area contributed by atoms with Crippen LogP contribution in [0.3, 0.4) is 0 Å². The Morgan fingerprint density at radius 2 is 1.83 bits per heavy atom. The van der Waals surface area contributed by atoms with E-state index in [9.17, 15) is 4.79 Å². The quantitative estimate of drug-likeness (QED) is 0.833. The highest BCUT2D eigenvalue weighted by Crippen LogP contribution is 2.13. The molecule has 0 aliphatic rings. The highest BCUT2D eigenvalue weighted by Gasteiger charge is 2.14. The SMILES string of the molecule is CC(CCl)C(C)NC(=O)c1ccc(N(C)C)cc1. The van der Waals surface area contributed by atoms with Crippen molar-refractivity contribution in [3.05, 3.63) is 29.8 Å². The van der Waals surface area contributed by atoms with Crippen molar-refractivity contribution in [2.75, 3.05) is 24.9 Å². The maximum atomic E-state index is 12.0. The number of amides is 1. The van der Waals surface area contributed by atoms with Gasteiger partial charge in [-0.2, -0.15) is 0 Å². The third kappa shape index (κ3) is 3.91.